The highest BCUT2D eigenvalue weighted by Crippen LogP contribution is 2.22. The summed E-state index contributed by atoms with van der Waals surface area (Å²) in [4.78, 5) is 46.0. The number of nitrogens with zero attached hydrogens (tertiary/aromatic N) is 4. The van der Waals surface area contributed by atoms with Gasteiger partial charge >= 0.3 is 5.69 Å². The Bertz CT molecular complexity index is 1120. The third-order valence-corrected chi connectivity index (χ3v) is 5.82. The van der Waals surface area contributed by atoms with Crippen LogP contribution in [0.25, 0.3) is 0 Å². The Morgan fingerprint density at radius 1 is 1.09 bits per heavy atom. The van der Waals surface area contributed by atoms with Gasteiger partial charge in [0.05, 0.1) is 12.2 Å². The van der Waals surface area contributed by atoms with Gasteiger partial charge in [-0.15, -0.1) is 0 Å². The predicted molar refractivity (Wildman–Crippen MR) is 133 cm³/mol. The van der Waals surface area contributed by atoms with Gasteiger partial charge in [0, 0.05) is 39.3 Å². The Hall–Kier alpha value is -3.30. The molecule has 0 saturated carbocycles. The number of H-pyrrole nitrogens is 1. The fourth-order valence-electron chi connectivity index (χ4n) is 4.27. The number of aromatic amines is 1. The summed E-state index contributed by atoms with van der Waals surface area (Å²) in [6.07, 6.45) is 0. The lowest BCUT2D eigenvalue weighted by Crippen LogP contribution is -2.52. The molecule has 10 heteroatoms. The zero-order chi connectivity index (χ0) is 25.0. The first-order valence-electron chi connectivity index (χ1n) is 11.7. The summed E-state index contributed by atoms with van der Waals surface area (Å²) in [5, 5.41) is 0. The molecule has 186 valence electrons. The van der Waals surface area contributed by atoms with Crippen molar-refractivity contribution in [3.05, 3.63) is 50.9 Å². The van der Waals surface area contributed by atoms with Crippen LogP contribution in [0.2, 0.25) is 0 Å². The maximum atomic E-state index is 14.1. The Morgan fingerprint density at radius 2 is 1.74 bits per heavy atom. The van der Waals surface area contributed by atoms with Gasteiger partial charge in [-0.3, -0.25) is 19.1 Å². The summed E-state index contributed by atoms with van der Waals surface area (Å²) >= 11 is 0. The zero-order valence-corrected chi connectivity index (χ0v) is 20.4. The van der Waals surface area contributed by atoms with Crippen molar-refractivity contribution < 1.29 is 9.18 Å². The molecule has 0 bridgehead atoms. The van der Waals surface area contributed by atoms with Gasteiger partial charge in [-0.1, -0.05) is 39.8 Å². The van der Waals surface area contributed by atoms with Gasteiger partial charge in [-0.2, -0.15) is 0 Å². The molecule has 1 aromatic heterocycles. The number of rotatable bonds is 8. The van der Waals surface area contributed by atoms with Crippen LogP contribution < -0.4 is 26.8 Å². The number of piperazine rings is 1. The molecule has 2 aromatic rings. The SMILES string of the molecule is CC(C)CN(CC(=O)N1CCN(c2ccccc2F)CC1)c1c(N)n(CC(C)C)c(=O)[nH]c1=O. The van der Waals surface area contributed by atoms with E-state index in [-0.39, 0.29) is 41.6 Å². The molecule has 0 spiro atoms. The lowest BCUT2D eigenvalue weighted by molar-refractivity contribution is -0.130. The number of carbonyl (C=O) groups is 1. The number of nitrogens with two attached hydrogens (primary N) is 1. The summed E-state index contributed by atoms with van der Waals surface area (Å²) in [6, 6.07) is 6.61. The van der Waals surface area contributed by atoms with Gasteiger partial charge in [0.15, 0.2) is 0 Å². The summed E-state index contributed by atoms with van der Waals surface area (Å²) in [5.74, 6) is -0.0641. The Labute approximate surface area is 199 Å². The van der Waals surface area contributed by atoms with E-state index in [2.05, 4.69) is 4.98 Å². The number of nitrogens with one attached hydrogen (secondary N) is 1. The minimum atomic E-state index is -0.597. The van der Waals surface area contributed by atoms with E-state index in [4.69, 9.17) is 5.73 Å². The van der Waals surface area contributed by atoms with Crippen molar-refractivity contribution in [2.24, 2.45) is 11.8 Å². The average Bonchev–Trinajstić information content (AvgIpc) is 2.76. The van der Waals surface area contributed by atoms with Crippen molar-refractivity contribution >= 4 is 23.1 Å². The molecule has 0 radical (unpaired) electrons. The second-order valence-corrected chi connectivity index (χ2v) is 9.59. The molecular formula is C24H35FN6O3. The van der Waals surface area contributed by atoms with Crippen LogP contribution in [-0.4, -0.2) is 59.6 Å². The number of nitrogen functional groups attached to an aromatic ring is 1. The van der Waals surface area contributed by atoms with E-state index in [1.54, 1.807) is 28.0 Å². The van der Waals surface area contributed by atoms with Gasteiger partial charge < -0.3 is 20.4 Å². The highest BCUT2D eigenvalue weighted by Gasteiger charge is 2.27. The van der Waals surface area contributed by atoms with Crippen LogP contribution in [0.3, 0.4) is 0 Å². The zero-order valence-electron chi connectivity index (χ0n) is 20.4. The highest BCUT2D eigenvalue weighted by atomic mass is 19.1. The summed E-state index contributed by atoms with van der Waals surface area (Å²) < 4.78 is 15.5. The molecule has 1 saturated heterocycles. The molecule has 1 aliphatic heterocycles. The normalized spacial score (nSPS) is 14.2. The summed E-state index contributed by atoms with van der Waals surface area (Å²) in [7, 11) is 0. The van der Waals surface area contributed by atoms with E-state index in [1.165, 1.54) is 10.6 Å². The first-order chi connectivity index (χ1) is 16.1. The van der Waals surface area contributed by atoms with Crippen LogP contribution in [0, 0.1) is 17.7 Å². The molecule has 34 heavy (non-hydrogen) atoms. The molecule has 9 nitrogen and oxygen atoms in total. The van der Waals surface area contributed by atoms with Crippen molar-refractivity contribution in [1.82, 2.24) is 14.5 Å². The second-order valence-electron chi connectivity index (χ2n) is 9.59. The van der Waals surface area contributed by atoms with Crippen LogP contribution in [0.4, 0.5) is 21.6 Å². The van der Waals surface area contributed by atoms with Crippen LogP contribution in [0.5, 0.6) is 0 Å². The number of halogens is 1. The van der Waals surface area contributed by atoms with E-state index in [1.807, 2.05) is 32.6 Å². The van der Waals surface area contributed by atoms with Gasteiger partial charge in [-0.05, 0) is 24.0 Å². The van der Waals surface area contributed by atoms with Gasteiger partial charge in [0.1, 0.15) is 17.3 Å². The number of carbonyl (C=O) groups excluding carboxylic acids is 1. The quantitative estimate of drug-likeness (QED) is 0.603. The van der Waals surface area contributed by atoms with E-state index in [9.17, 15) is 18.8 Å². The van der Waals surface area contributed by atoms with Gasteiger partial charge in [-0.25, -0.2) is 9.18 Å². The number of para-hydroxylation sites is 1. The maximum absolute atomic E-state index is 14.1. The molecule has 1 amide bonds. The van der Waals surface area contributed by atoms with Crippen molar-refractivity contribution in [2.45, 2.75) is 34.2 Å². The molecule has 1 fully saturated rings. The molecule has 2 heterocycles. The first-order valence-corrected chi connectivity index (χ1v) is 11.7. The minimum Gasteiger partial charge on any atom is -0.383 e. The highest BCUT2D eigenvalue weighted by molar-refractivity contribution is 5.83. The molecule has 3 rings (SSSR count). The first kappa shape index (κ1) is 25.3. The number of hydrogen-bond donors (Lipinski definition) is 2. The fourth-order valence-corrected chi connectivity index (χ4v) is 4.27. The third kappa shape index (κ3) is 5.78. The summed E-state index contributed by atoms with van der Waals surface area (Å²) in [5.41, 5.74) is 5.82. The van der Waals surface area contributed by atoms with Crippen LogP contribution in [0.15, 0.2) is 33.9 Å². The van der Waals surface area contributed by atoms with Gasteiger partial charge in [0.2, 0.25) is 5.91 Å². The van der Waals surface area contributed by atoms with Crippen LogP contribution in [-0.2, 0) is 11.3 Å². The maximum Gasteiger partial charge on any atom is 0.330 e. The Balaban J connectivity index is 1.79. The third-order valence-electron chi connectivity index (χ3n) is 5.82. The molecule has 3 N–H and O–H groups in total. The topological polar surface area (TPSA) is 108 Å². The fraction of sp³-hybridized carbons (Fsp3) is 0.542. The molecular weight excluding hydrogens is 439 g/mol. The molecule has 1 aliphatic rings. The predicted octanol–water partition coefficient (Wildman–Crippen LogP) is 1.73. The lowest BCUT2D eigenvalue weighted by atomic mass is 10.2. The van der Waals surface area contributed by atoms with E-state index in [0.717, 1.165) is 0 Å². The van der Waals surface area contributed by atoms with Crippen LogP contribution >= 0.6 is 0 Å². The number of aromatic nitrogens is 2. The molecule has 0 unspecified atom stereocenters. The monoisotopic (exact) mass is 474 g/mol. The largest absolute Gasteiger partial charge is 0.383 e. The minimum absolute atomic E-state index is 0.0367. The van der Waals surface area contributed by atoms with Crippen molar-refractivity contribution in [3.63, 3.8) is 0 Å². The molecule has 0 atom stereocenters. The van der Waals surface area contributed by atoms with E-state index in [0.29, 0.717) is 45.0 Å². The molecule has 0 aliphatic carbocycles. The Morgan fingerprint density at radius 3 is 2.32 bits per heavy atom. The van der Waals surface area contributed by atoms with Crippen LogP contribution in [0.1, 0.15) is 27.7 Å². The summed E-state index contributed by atoms with van der Waals surface area (Å²) in [6.45, 7) is 10.5. The lowest BCUT2D eigenvalue weighted by Gasteiger charge is -2.37. The number of benzene rings is 1. The van der Waals surface area contributed by atoms with E-state index < -0.39 is 11.2 Å². The number of anilines is 3. The number of amides is 1. The standard InChI is InChI=1S/C24H35FN6O3/c1-16(2)13-30(21-22(26)31(14-17(3)4)24(34)27-23(21)33)15-20(32)29-11-9-28(10-12-29)19-8-6-5-7-18(19)25/h5-8,16-17H,9-15,26H2,1-4H3,(H,27,33,34). The van der Waals surface area contributed by atoms with E-state index >= 15 is 0 Å². The molecule has 1 aromatic carbocycles. The Kier molecular flexibility index (Phi) is 8.01. The number of hydrogen-bond acceptors (Lipinski definition) is 6. The smallest absolute Gasteiger partial charge is 0.330 e. The van der Waals surface area contributed by atoms with Crippen molar-refractivity contribution in [1.29, 1.82) is 0 Å². The second kappa shape index (κ2) is 10.8. The van der Waals surface area contributed by atoms with Crippen molar-refractivity contribution in [2.75, 3.05) is 54.8 Å². The van der Waals surface area contributed by atoms with Crippen molar-refractivity contribution in [3.8, 4) is 0 Å². The van der Waals surface area contributed by atoms with Gasteiger partial charge in [0.25, 0.3) is 5.56 Å². The average molecular weight is 475 g/mol.